The molecule has 0 spiro atoms. The minimum atomic E-state index is -0.821. The van der Waals surface area contributed by atoms with Crippen molar-refractivity contribution in [3.05, 3.63) is 158 Å². The van der Waals surface area contributed by atoms with Gasteiger partial charge in [-0.1, -0.05) is 262 Å². The number of unbranched alkanes of at least 4 members (excludes halogenated alkanes) is 20. The molecule has 0 saturated heterocycles. The number of rotatable bonds is 57. The molecule has 1 atom stereocenters. The second kappa shape index (κ2) is 66.5. The average Bonchev–Trinajstić information content (AvgIpc) is 3.46. The first-order chi connectivity index (χ1) is 39.5. The van der Waals surface area contributed by atoms with Crippen LogP contribution in [0.15, 0.2) is 158 Å². The monoisotopic (exact) mass is 1100 g/mol. The van der Waals surface area contributed by atoms with Gasteiger partial charge >= 0.3 is 17.9 Å². The molecule has 450 valence electrons. The molecule has 0 N–H and O–H groups in total. The van der Waals surface area contributed by atoms with Gasteiger partial charge in [-0.2, -0.15) is 0 Å². The van der Waals surface area contributed by atoms with E-state index >= 15 is 0 Å². The predicted molar refractivity (Wildman–Crippen MR) is 348 cm³/mol. The van der Waals surface area contributed by atoms with Gasteiger partial charge in [0.15, 0.2) is 6.10 Å². The van der Waals surface area contributed by atoms with Gasteiger partial charge in [0, 0.05) is 19.3 Å². The normalized spacial score (nSPS) is 13.2. The van der Waals surface area contributed by atoms with E-state index in [0.717, 1.165) is 141 Å². The highest BCUT2D eigenvalue weighted by Gasteiger charge is 2.19. The third-order valence-corrected chi connectivity index (χ3v) is 13.2. The molecule has 0 heterocycles. The first kappa shape index (κ1) is 75.0. The summed E-state index contributed by atoms with van der Waals surface area (Å²) >= 11 is 0. The lowest BCUT2D eigenvalue weighted by Gasteiger charge is -2.18. The quantitative estimate of drug-likeness (QED) is 0.0261. The molecular formula is C74H118O6. The van der Waals surface area contributed by atoms with E-state index in [1.807, 2.05) is 0 Å². The molecule has 0 aromatic carbocycles. The maximum Gasteiger partial charge on any atom is 0.306 e. The molecule has 6 nitrogen and oxygen atoms in total. The van der Waals surface area contributed by atoms with Crippen LogP contribution in [0, 0.1) is 0 Å². The number of carbonyl (C=O) groups excluding carboxylic acids is 3. The summed E-state index contributed by atoms with van der Waals surface area (Å²) in [6.45, 7) is 6.42. The fraction of sp³-hybridized carbons (Fsp3) is 0.608. The smallest absolute Gasteiger partial charge is 0.306 e. The molecule has 0 radical (unpaired) electrons. The molecule has 0 bridgehead atoms. The van der Waals surface area contributed by atoms with Gasteiger partial charge in [-0.25, -0.2) is 0 Å². The van der Waals surface area contributed by atoms with E-state index in [0.29, 0.717) is 19.3 Å². The Kier molecular flexibility index (Phi) is 62.4. The van der Waals surface area contributed by atoms with Gasteiger partial charge < -0.3 is 14.2 Å². The number of hydrogen-bond donors (Lipinski definition) is 0. The fourth-order valence-corrected chi connectivity index (χ4v) is 8.39. The lowest BCUT2D eigenvalue weighted by atomic mass is 10.1. The summed E-state index contributed by atoms with van der Waals surface area (Å²) in [7, 11) is 0. The lowest BCUT2D eigenvalue weighted by Crippen LogP contribution is -2.30. The highest BCUT2D eigenvalue weighted by Crippen LogP contribution is 2.14. The van der Waals surface area contributed by atoms with E-state index in [1.54, 1.807) is 0 Å². The molecule has 0 aliphatic rings. The molecule has 0 aliphatic heterocycles. The van der Waals surface area contributed by atoms with Crippen LogP contribution in [0.5, 0.6) is 0 Å². The zero-order valence-electron chi connectivity index (χ0n) is 51.5. The number of allylic oxidation sites excluding steroid dienone is 26. The van der Waals surface area contributed by atoms with Gasteiger partial charge in [-0.05, 0) is 148 Å². The molecule has 6 heteroatoms. The van der Waals surface area contributed by atoms with Crippen LogP contribution in [0.1, 0.15) is 271 Å². The van der Waals surface area contributed by atoms with E-state index in [4.69, 9.17) is 14.2 Å². The van der Waals surface area contributed by atoms with Gasteiger partial charge in [0.2, 0.25) is 0 Å². The fourth-order valence-electron chi connectivity index (χ4n) is 8.39. The second-order valence-electron chi connectivity index (χ2n) is 20.9. The van der Waals surface area contributed by atoms with Gasteiger partial charge in [0.1, 0.15) is 13.2 Å². The van der Waals surface area contributed by atoms with Crippen molar-refractivity contribution in [3.8, 4) is 0 Å². The third kappa shape index (κ3) is 63.9. The number of ether oxygens (including phenoxy) is 3. The molecule has 80 heavy (non-hydrogen) atoms. The van der Waals surface area contributed by atoms with E-state index in [2.05, 4.69) is 179 Å². The van der Waals surface area contributed by atoms with Crippen LogP contribution in [-0.4, -0.2) is 37.2 Å². The topological polar surface area (TPSA) is 78.9 Å². The molecule has 0 fully saturated rings. The molecule has 0 aliphatic carbocycles. The van der Waals surface area contributed by atoms with Crippen LogP contribution in [0.3, 0.4) is 0 Å². The summed E-state index contributed by atoms with van der Waals surface area (Å²) in [5.41, 5.74) is 0. The van der Waals surface area contributed by atoms with Gasteiger partial charge in [-0.15, -0.1) is 0 Å². The molecule has 0 aromatic heterocycles. The predicted octanol–water partition coefficient (Wildman–Crippen LogP) is 22.5. The highest BCUT2D eigenvalue weighted by atomic mass is 16.6. The van der Waals surface area contributed by atoms with Crippen LogP contribution in [0.2, 0.25) is 0 Å². The summed E-state index contributed by atoms with van der Waals surface area (Å²) in [5.74, 6) is -0.997. The van der Waals surface area contributed by atoms with Crippen LogP contribution in [0.25, 0.3) is 0 Å². The summed E-state index contributed by atoms with van der Waals surface area (Å²) in [6.07, 6.45) is 96.8. The number of hydrogen-bond acceptors (Lipinski definition) is 6. The van der Waals surface area contributed by atoms with E-state index in [-0.39, 0.29) is 37.5 Å². The standard InChI is InChI=1S/C74H118O6/c1-4-7-10-13-16-19-22-25-28-30-32-33-34-35-36-37-38-39-40-41-42-44-46-49-52-55-58-61-64-67-73(76)79-70-71(69-78-72(75)66-63-60-57-54-51-48-45-27-24-21-18-15-12-9-6-3)80-74(77)68-65-62-59-56-53-50-47-43-31-29-26-23-20-17-14-11-8-5-2/h7,10,16,18-21,23,25,27-29,31-33,35-36,38-39,41-42,45-46,49,55,58,71H,4-6,8-9,11-15,17,22,24,26,30,34,37,40,43-44,47-48,50-54,56-57,59-70H2,1-3H3/b10-7-,19-16-,21-18-,23-20-,28-25-,31-29-,33-32-,36-35-,39-38-,42-41-,45-27-,49-46-,58-55-. The van der Waals surface area contributed by atoms with E-state index in [1.165, 1.54) is 83.5 Å². The summed E-state index contributed by atoms with van der Waals surface area (Å²) in [4.78, 5) is 38.3. The van der Waals surface area contributed by atoms with Crippen LogP contribution in [0.4, 0.5) is 0 Å². The van der Waals surface area contributed by atoms with Crippen molar-refractivity contribution in [2.75, 3.05) is 13.2 Å². The van der Waals surface area contributed by atoms with E-state index < -0.39 is 6.10 Å². The Bertz CT molecular complexity index is 1790. The Morgan fingerprint density at radius 1 is 0.263 bits per heavy atom. The average molecular weight is 1100 g/mol. The molecule has 0 rings (SSSR count). The Morgan fingerprint density at radius 3 is 0.838 bits per heavy atom. The first-order valence-corrected chi connectivity index (χ1v) is 32.5. The van der Waals surface area contributed by atoms with Gasteiger partial charge in [0.05, 0.1) is 0 Å². The minimum absolute atomic E-state index is 0.112. The molecular weight excluding hydrogens is 985 g/mol. The Labute approximate surface area is 492 Å². The molecule has 0 aromatic rings. The Hall–Kier alpha value is -4.97. The van der Waals surface area contributed by atoms with Crippen molar-refractivity contribution in [2.24, 2.45) is 0 Å². The molecule has 0 saturated carbocycles. The van der Waals surface area contributed by atoms with E-state index in [9.17, 15) is 14.4 Å². The minimum Gasteiger partial charge on any atom is -0.462 e. The zero-order chi connectivity index (χ0) is 57.8. The largest absolute Gasteiger partial charge is 0.462 e. The van der Waals surface area contributed by atoms with Crippen LogP contribution >= 0.6 is 0 Å². The second-order valence-corrected chi connectivity index (χ2v) is 20.9. The lowest BCUT2D eigenvalue weighted by molar-refractivity contribution is -0.167. The Morgan fingerprint density at radius 2 is 0.500 bits per heavy atom. The maximum atomic E-state index is 12.9. The highest BCUT2D eigenvalue weighted by molar-refractivity contribution is 5.71. The summed E-state index contributed by atoms with van der Waals surface area (Å²) < 4.78 is 16.9. The summed E-state index contributed by atoms with van der Waals surface area (Å²) in [5, 5.41) is 0. The van der Waals surface area contributed by atoms with Crippen molar-refractivity contribution in [2.45, 2.75) is 277 Å². The van der Waals surface area contributed by atoms with Crippen molar-refractivity contribution < 1.29 is 28.6 Å². The van der Waals surface area contributed by atoms with Gasteiger partial charge in [-0.3, -0.25) is 14.4 Å². The van der Waals surface area contributed by atoms with Crippen molar-refractivity contribution >= 4 is 17.9 Å². The maximum absolute atomic E-state index is 12.9. The van der Waals surface area contributed by atoms with Crippen molar-refractivity contribution in [3.63, 3.8) is 0 Å². The number of carbonyl (C=O) groups is 3. The van der Waals surface area contributed by atoms with Crippen LogP contribution < -0.4 is 0 Å². The molecule has 0 amide bonds. The van der Waals surface area contributed by atoms with Crippen molar-refractivity contribution in [1.82, 2.24) is 0 Å². The van der Waals surface area contributed by atoms with Crippen LogP contribution in [-0.2, 0) is 28.6 Å². The zero-order valence-corrected chi connectivity index (χ0v) is 51.5. The van der Waals surface area contributed by atoms with Gasteiger partial charge in [0.25, 0.3) is 0 Å². The third-order valence-electron chi connectivity index (χ3n) is 13.2. The molecule has 1 unspecified atom stereocenters. The summed E-state index contributed by atoms with van der Waals surface area (Å²) in [6, 6.07) is 0. The SMILES string of the molecule is CC/C=C\C/C=C\C/C=C\C/C=C\C/C=C\C/C=C\C/C=C\C/C=C\C/C=C\CCCC(=O)OCC(COC(=O)CCCCCCC/C=C\C/C=C\CCCCC)OC(=O)CCCCCCCCC/C=C\C/C=C\CCCCCC. The Balaban J connectivity index is 4.50. The first-order valence-electron chi connectivity index (χ1n) is 32.5. The van der Waals surface area contributed by atoms with Crippen molar-refractivity contribution in [1.29, 1.82) is 0 Å². The number of esters is 3.